The highest BCUT2D eigenvalue weighted by Crippen LogP contribution is 2.39. The molecule has 1 aromatic carbocycles. The summed E-state index contributed by atoms with van der Waals surface area (Å²) in [6.07, 6.45) is 2.04. The van der Waals surface area contributed by atoms with Crippen molar-refractivity contribution in [3.63, 3.8) is 0 Å². The first-order valence-corrected chi connectivity index (χ1v) is 8.21. The van der Waals surface area contributed by atoms with Crippen molar-refractivity contribution in [2.24, 2.45) is 5.92 Å². The highest BCUT2D eigenvalue weighted by Gasteiger charge is 2.43. The summed E-state index contributed by atoms with van der Waals surface area (Å²) in [5.41, 5.74) is 0.457. The van der Waals surface area contributed by atoms with E-state index in [1.807, 2.05) is 25.1 Å². The van der Waals surface area contributed by atoms with Crippen LogP contribution in [0.3, 0.4) is 0 Å². The Kier molecular flexibility index (Phi) is 4.27. The highest BCUT2D eigenvalue weighted by molar-refractivity contribution is 5.79. The van der Waals surface area contributed by atoms with Crippen molar-refractivity contribution in [3.05, 3.63) is 29.8 Å². The topological polar surface area (TPSA) is 74.2 Å². The normalized spacial score (nSPS) is 23.1. The van der Waals surface area contributed by atoms with Gasteiger partial charge in [-0.25, -0.2) is 0 Å². The Labute approximate surface area is 137 Å². The Morgan fingerprint density at radius 3 is 2.91 bits per heavy atom. The number of hydrogen-bond donors (Lipinski definition) is 2. The lowest BCUT2D eigenvalue weighted by Gasteiger charge is -2.24. The van der Waals surface area contributed by atoms with E-state index in [1.165, 1.54) is 5.56 Å². The van der Waals surface area contributed by atoms with Crippen LogP contribution in [0, 0.1) is 17.2 Å². The lowest BCUT2D eigenvalue weighted by Crippen LogP contribution is -2.50. The number of fused-ring (bicyclic) bond motifs is 1. The summed E-state index contributed by atoms with van der Waals surface area (Å²) in [6, 6.07) is 10.4. The molecule has 2 aliphatic rings. The van der Waals surface area contributed by atoms with E-state index >= 15 is 0 Å². The minimum absolute atomic E-state index is 0.124. The second kappa shape index (κ2) is 6.21. The Morgan fingerprint density at radius 1 is 1.48 bits per heavy atom. The van der Waals surface area contributed by atoms with Crippen molar-refractivity contribution in [2.45, 2.75) is 44.2 Å². The van der Waals surface area contributed by atoms with Crippen molar-refractivity contribution < 1.29 is 9.53 Å². The van der Waals surface area contributed by atoms with Crippen molar-refractivity contribution in [1.29, 1.82) is 5.26 Å². The molecule has 0 bridgehead atoms. The molecular formula is C18H23N3O2. The summed E-state index contributed by atoms with van der Waals surface area (Å²) >= 11 is 0. The van der Waals surface area contributed by atoms with Gasteiger partial charge in [0.1, 0.15) is 11.3 Å². The van der Waals surface area contributed by atoms with Gasteiger partial charge in [-0.1, -0.05) is 18.2 Å². The van der Waals surface area contributed by atoms with E-state index in [2.05, 4.69) is 29.7 Å². The fourth-order valence-electron chi connectivity index (χ4n) is 3.21. The first-order chi connectivity index (χ1) is 11.0. The number of hydrogen-bond acceptors (Lipinski definition) is 4. The predicted molar refractivity (Wildman–Crippen MR) is 87.0 cm³/mol. The molecule has 3 atom stereocenters. The molecule has 1 heterocycles. The molecule has 0 spiro atoms. The zero-order chi connectivity index (χ0) is 16.4. The molecule has 5 heteroatoms. The number of nitriles is 1. The number of amides is 1. The van der Waals surface area contributed by atoms with E-state index in [9.17, 15) is 10.1 Å². The number of nitrogens with one attached hydrogen (secondary N) is 2. The summed E-state index contributed by atoms with van der Waals surface area (Å²) in [5.74, 6) is 1.34. The van der Waals surface area contributed by atoms with Crippen LogP contribution in [-0.4, -0.2) is 30.6 Å². The smallest absolute Gasteiger partial charge is 0.235 e. The summed E-state index contributed by atoms with van der Waals surface area (Å²) in [6.45, 7) is 4.72. The molecule has 1 amide bonds. The third-order valence-corrected chi connectivity index (χ3v) is 4.95. The summed E-state index contributed by atoms with van der Waals surface area (Å²) < 4.78 is 5.69. The average Bonchev–Trinajstić information content (AvgIpc) is 3.33. The number of ether oxygens (including phenoxy) is 1. The van der Waals surface area contributed by atoms with Crippen LogP contribution >= 0.6 is 0 Å². The molecule has 1 aromatic rings. The molecule has 0 radical (unpaired) electrons. The molecule has 1 aliphatic heterocycles. The largest absolute Gasteiger partial charge is 0.493 e. The lowest BCUT2D eigenvalue weighted by molar-refractivity contribution is -0.121. The molecule has 2 N–H and O–H groups in total. The van der Waals surface area contributed by atoms with E-state index < -0.39 is 5.54 Å². The third kappa shape index (κ3) is 3.32. The van der Waals surface area contributed by atoms with Gasteiger partial charge < -0.3 is 15.4 Å². The zero-order valence-corrected chi connectivity index (χ0v) is 13.6. The number of para-hydroxylation sites is 1. The fraction of sp³-hybridized carbons (Fsp3) is 0.556. The molecular weight excluding hydrogens is 290 g/mol. The van der Waals surface area contributed by atoms with Gasteiger partial charge in [0, 0.05) is 17.5 Å². The molecule has 23 heavy (non-hydrogen) atoms. The third-order valence-electron chi connectivity index (χ3n) is 4.95. The van der Waals surface area contributed by atoms with Crippen LogP contribution in [0.4, 0.5) is 0 Å². The molecule has 1 saturated carbocycles. The quantitative estimate of drug-likeness (QED) is 0.842. The second-order valence-corrected chi connectivity index (χ2v) is 6.76. The minimum Gasteiger partial charge on any atom is -0.493 e. The number of carbonyl (C=O) groups excluding carboxylic acids is 1. The monoisotopic (exact) mass is 313 g/mol. The molecule has 122 valence electrons. The molecule has 0 aromatic heterocycles. The Bertz CT molecular complexity index is 635. The average molecular weight is 313 g/mol. The van der Waals surface area contributed by atoms with Crippen LogP contribution < -0.4 is 15.4 Å². The van der Waals surface area contributed by atoms with Gasteiger partial charge in [-0.15, -0.1) is 0 Å². The van der Waals surface area contributed by atoms with Crippen molar-refractivity contribution in [3.8, 4) is 11.8 Å². The lowest BCUT2D eigenvalue weighted by atomic mass is 9.94. The maximum absolute atomic E-state index is 12.2. The van der Waals surface area contributed by atoms with Gasteiger partial charge in [0.05, 0.1) is 19.2 Å². The summed E-state index contributed by atoms with van der Waals surface area (Å²) in [4.78, 5) is 12.2. The van der Waals surface area contributed by atoms with Crippen LogP contribution in [0.15, 0.2) is 24.3 Å². The van der Waals surface area contributed by atoms with Crippen molar-refractivity contribution in [2.75, 3.05) is 13.2 Å². The van der Waals surface area contributed by atoms with E-state index in [-0.39, 0.29) is 24.4 Å². The molecule has 5 nitrogen and oxygen atoms in total. The van der Waals surface area contributed by atoms with Gasteiger partial charge in [-0.2, -0.15) is 5.26 Å². The molecule has 0 saturated heterocycles. The van der Waals surface area contributed by atoms with Gasteiger partial charge in [0.15, 0.2) is 0 Å². The molecule has 1 aliphatic carbocycles. The number of nitrogens with zero attached hydrogens (tertiary/aromatic N) is 1. The van der Waals surface area contributed by atoms with E-state index in [1.54, 1.807) is 0 Å². The Balaban J connectivity index is 1.52. The number of carbonyl (C=O) groups is 1. The summed E-state index contributed by atoms with van der Waals surface area (Å²) in [7, 11) is 0. The predicted octanol–water partition coefficient (Wildman–Crippen LogP) is 1.95. The van der Waals surface area contributed by atoms with Crippen LogP contribution in [-0.2, 0) is 4.79 Å². The number of benzene rings is 1. The van der Waals surface area contributed by atoms with Crippen LogP contribution in [0.25, 0.3) is 0 Å². The van der Waals surface area contributed by atoms with Gasteiger partial charge in [0.2, 0.25) is 5.91 Å². The van der Waals surface area contributed by atoms with E-state index in [0.29, 0.717) is 12.5 Å². The van der Waals surface area contributed by atoms with E-state index in [4.69, 9.17) is 4.74 Å². The zero-order valence-electron chi connectivity index (χ0n) is 13.6. The van der Waals surface area contributed by atoms with Crippen LogP contribution in [0.5, 0.6) is 5.75 Å². The van der Waals surface area contributed by atoms with E-state index in [0.717, 1.165) is 18.6 Å². The Morgan fingerprint density at radius 2 is 2.22 bits per heavy atom. The maximum atomic E-state index is 12.2. The molecule has 1 fully saturated rings. The van der Waals surface area contributed by atoms with Crippen LogP contribution in [0.1, 0.15) is 38.2 Å². The van der Waals surface area contributed by atoms with Gasteiger partial charge in [0.25, 0.3) is 0 Å². The molecule has 0 unspecified atom stereocenters. The van der Waals surface area contributed by atoms with Gasteiger partial charge in [-0.05, 0) is 38.7 Å². The summed E-state index contributed by atoms with van der Waals surface area (Å²) in [5, 5.41) is 15.4. The number of rotatable bonds is 6. The van der Waals surface area contributed by atoms with Crippen LogP contribution in [0.2, 0.25) is 0 Å². The second-order valence-electron chi connectivity index (χ2n) is 6.76. The van der Waals surface area contributed by atoms with Gasteiger partial charge >= 0.3 is 0 Å². The van der Waals surface area contributed by atoms with Crippen molar-refractivity contribution in [1.82, 2.24) is 10.6 Å². The first-order valence-electron chi connectivity index (χ1n) is 8.21. The SMILES string of the molecule is C[C@H](NCC(=O)N[C@](C)(C#N)C1CC1)[C@H]1COc2ccccc21. The maximum Gasteiger partial charge on any atom is 0.235 e. The highest BCUT2D eigenvalue weighted by atomic mass is 16.5. The Hall–Kier alpha value is -2.06. The molecule has 3 rings (SSSR count). The fourth-order valence-corrected chi connectivity index (χ4v) is 3.21. The van der Waals surface area contributed by atoms with Gasteiger partial charge in [-0.3, -0.25) is 4.79 Å². The standard InChI is InChI=1S/C18H23N3O2/c1-12(15-10-23-16-6-4-3-5-14(15)16)20-9-17(22)21-18(2,11-19)13-7-8-13/h3-6,12-13,15,20H,7-10H2,1-2H3,(H,21,22)/t12-,15+,18+/m0/s1. The van der Waals surface area contributed by atoms with Crippen molar-refractivity contribution >= 4 is 5.91 Å². The first kappa shape index (κ1) is 15.8. The minimum atomic E-state index is -0.731.